The number of hydrogen-bond acceptors (Lipinski definition) is 2. The van der Waals surface area contributed by atoms with Crippen molar-refractivity contribution in [2.24, 2.45) is 0 Å². The van der Waals surface area contributed by atoms with Gasteiger partial charge in [-0.3, -0.25) is 0 Å². The molecule has 0 heterocycles. The molecule has 0 aliphatic heterocycles. The third kappa shape index (κ3) is 16.0. The number of unbranched alkanes of at least 4 members (excludes halogenated alkanes) is 6. The topological polar surface area (TPSA) is 40.1 Å². The maximum Gasteiger partial charge on any atom is 1.00 e. The first-order valence-corrected chi connectivity index (χ1v) is 4.97. The largest absolute Gasteiger partial charge is 1.00 e. The van der Waals surface area contributed by atoms with Crippen molar-refractivity contribution < 1.29 is 68.1 Å². The minimum absolute atomic E-state index is 0. The Balaban J connectivity index is 0. The number of rotatable bonds is 8. The second kappa shape index (κ2) is 13.3. The van der Waals surface area contributed by atoms with Crippen LogP contribution in [0.4, 0.5) is 0 Å². The Morgan fingerprint density at radius 2 is 1.46 bits per heavy atom. The second-order valence-electron chi connectivity index (χ2n) is 3.24. The van der Waals surface area contributed by atoms with Gasteiger partial charge in [-0.15, -0.1) is 0 Å². The molecule has 0 N–H and O–H groups in total. The van der Waals surface area contributed by atoms with Crippen LogP contribution in [0.15, 0.2) is 0 Å². The van der Waals surface area contributed by atoms with Gasteiger partial charge in [-0.1, -0.05) is 45.4 Å². The van der Waals surface area contributed by atoms with E-state index in [1.807, 2.05) is 0 Å². The summed E-state index contributed by atoms with van der Waals surface area (Å²) < 4.78 is 0. The van der Waals surface area contributed by atoms with E-state index in [4.69, 9.17) is 0 Å². The Morgan fingerprint density at radius 1 is 1.00 bits per heavy atom. The van der Waals surface area contributed by atoms with Crippen LogP contribution in [-0.2, 0) is 4.79 Å². The molecule has 3 heteroatoms. The molecule has 0 saturated carbocycles. The number of carboxylic acid groups (broad SMARTS) is 1. The summed E-state index contributed by atoms with van der Waals surface area (Å²) >= 11 is 0. The predicted octanol–water partition coefficient (Wildman–Crippen LogP) is -1.12. The van der Waals surface area contributed by atoms with Crippen LogP contribution in [0.3, 0.4) is 0 Å². The summed E-state index contributed by atoms with van der Waals surface area (Å²) in [5, 5.41) is 10.0. The molecular weight excluding hydrogens is 238 g/mol. The van der Waals surface area contributed by atoms with Gasteiger partial charge in [0.25, 0.3) is 0 Å². The molecule has 0 unspecified atom stereocenters. The fraction of sp³-hybridized carbons (Fsp3) is 0.900. The molecule has 0 saturated heterocycles. The van der Waals surface area contributed by atoms with Crippen LogP contribution < -0.4 is 63.3 Å². The van der Waals surface area contributed by atoms with E-state index in [1.54, 1.807) is 0 Å². The first kappa shape index (κ1) is 16.7. The molecular formula is C10H19O2Rb. The molecule has 0 aliphatic carbocycles. The summed E-state index contributed by atoms with van der Waals surface area (Å²) in [7, 11) is 0. The third-order valence-electron chi connectivity index (χ3n) is 1.98. The summed E-state index contributed by atoms with van der Waals surface area (Å²) in [6.07, 6.45) is 8.34. The van der Waals surface area contributed by atoms with Gasteiger partial charge in [0.15, 0.2) is 0 Å². The summed E-state index contributed by atoms with van der Waals surface area (Å²) in [5.41, 5.74) is 0. The number of carbonyl (C=O) groups excluding carboxylic acids is 1. The number of aliphatic carboxylic acids is 1. The molecule has 0 atom stereocenters. The van der Waals surface area contributed by atoms with Crippen LogP contribution in [0.1, 0.15) is 58.3 Å². The van der Waals surface area contributed by atoms with Crippen LogP contribution in [-0.4, -0.2) is 5.97 Å². The van der Waals surface area contributed by atoms with E-state index < -0.39 is 5.97 Å². The van der Waals surface area contributed by atoms with Crippen LogP contribution >= 0.6 is 0 Å². The van der Waals surface area contributed by atoms with Crippen molar-refractivity contribution in [2.45, 2.75) is 58.3 Å². The molecule has 0 aromatic carbocycles. The van der Waals surface area contributed by atoms with Crippen molar-refractivity contribution in [1.82, 2.24) is 0 Å². The van der Waals surface area contributed by atoms with Gasteiger partial charge in [0.2, 0.25) is 0 Å². The fourth-order valence-electron chi connectivity index (χ4n) is 1.23. The molecule has 72 valence electrons. The van der Waals surface area contributed by atoms with E-state index in [-0.39, 0.29) is 64.6 Å². The summed E-state index contributed by atoms with van der Waals surface area (Å²) in [6.45, 7) is 2.19. The number of carboxylic acids is 1. The maximum atomic E-state index is 10.0. The SMILES string of the molecule is CCCCCCCCCC(=O)[O-].[Rb+]. The van der Waals surface area contributed by atoms with Gasteiger partial charge in [0.1, 0.15) is 0 Å². The smallest absolute Gasteiger partial charge is 0.550 e. The van der Waals surface area contributed by atoms with Crippen LogP contribution in [0, 0.1) is 0 Å². The van der Waals surface area contributed by atoms with E-state index >= 15 is 0 Å². The molecule has 0 bridgehead atoms. The van der Waals surface area contributed by atoms with Gasteiger partial charge in [-0.25, -0.2) is 0 Å². The van der Waals surface area contributed by atoms with Gasteiger partial charge in [-0.2, -0.15) is 0 Å². The van der Waals surface area contributed by atoms with Crippen LogP contribution in [0.25, 0.3) is 0 Å². The molecule has 0 aromatic rings. The van der Waals surface area contributed by atoms with Crippen molar-refractivity contribution in [1.29, 1.82) is 0 Å². The number of hydrogen-bond donors (Lipinski definition) is 0. The van der Waals surface area contributed by atoms with Gasteiger partial charge >= 0.3 is 58.2 Å². The van der Waals surface area contributed by atoms with Gasteiger partial charge in [-0.05, 0) is 12.8 Å². The monoisotopic (exact) mass is 256 g/mol. The zero-order valence-corrected chi connectivity index (χ0v) is 13.9. The molecule has 0 radical (unpaired) electrons. The summed E-state index contributed by atoms with van der Waals surface area (Å²) in [5.74, 6) is -0.913. The molecule has 0 rings (SSSR count). The molecule has 0 spiro atoms. The quantitative estimate of drug-likeness (QED) is 0.517. The van der Waals surface area contributed by atoms with Crippen molar-refractivity contribution in [3.63, 3.8) is 0 Å². The number of carbonyl (C=O) groups is 1. The van der Waals surface area contributed by atoms with E-state index in [1.165, 1.54) is 32.1 Å². The second-order valence-corrected chi connectivity index (χ2v) is 3.24. The Kier molecular flexibility index (Phi) is 17.0. The first-order chi connectivity index (χ1) is 5.77. The predicted molar refractivity (Wildman–Crippen MR) is 47.6 cm³/mol. The Hall–Kier alpha value is 1.28. The van der Waals surface area contributed by atoms with Crippen LogP contribution in [0.5, 0.6) is 0 Å². The Morgan fingerprint density at radius 3 is 1.92 bits per heavy atom. The Labute approximate surface area is 130 Å². The fourth-order valence-corrected chi connectivity index (χ4v) is 1.23. The Bertz CT molecular complexity index is 115. The minimum atomic E-state index is -0.913. The molecule has 0 aromatic heterocycles. The van der Waals surface area contributed by atoms with Gasteiger partial charge in [0.05, 0.1) is 0 Å². The molecule has 0 aliphatic rings. The molecule has 0 fully saturated rings. The average Bonchev–Trinajstić information content (AvgIpc) is 2.02. The van der Waals surface area contributed by atoms with E-state index in [2.05, 4.69) is 6.92 Å². The minimum Gasteiger partial charge on any atom is -0.550 e. The first-order valence-electron chi connectivity index (χ1n) is 4.97. The third-order valence-corrected chi connectivity index (χ3v) is 1.98. The van der Waals surface area contributed by atoms with E-state index in [9.17, 15) is 9.90 Å². The van der Waals surface area contributed by atoms with Crippen molar-refractivity contribution >= 4 is 5.97 Å². The van der Waals surface area contributed by atoms with E-state index in [0.717, 1.165) is 12.8 Å². The molecule has 2 nitrogen and oxygen atoms in total. The van der Waals surface area contributed by atoms with Crippen molar-refractivity contribution in [3.05, 3.63) is 0 Å². The van der Waals surface area contributed by atoms with E-state index in [0.29, 0.717) is 0 Å². The summed E-state index contributed by atoms with van der Waals surface area (Å²) in [4.78, 5) is 10.0. The standard InChI is InChI=1S/C10H20O2.Rb/c1-2-3-4-5-6-7-8-9-10(11)12;/h2-9H2,1H3,(H,11,12);/q;+1/p-1. The zero-order valence-electron chi connectivity index (χ0n) is 8.97. The zero-order chi connectivity index (χ0) is 9.23. The van der Waals surface area contributed by atoms with Crippen molar-refractivity contribution in [3.8, 4) is 0 Å². The molecule has 13 heavy (non-hydrogen) atoms. The maximum absolute atomic E-state index is 10.0. The normalized spacial score (nSPS) is 9.31. The van der Waals surface area contributed by atoms with Gasteiger partial charge in [0, 0.05) is 5.97 Å². The van der Waals surface area contributed by atoms with Crippen LogP contribution in [0.2, 0.25) is 0 Å². The average molecular weight is 257 g/mol. The van der Waals surface area contributed by atoms with Crippen molar-refractivity contribution in [2.75, 3.05) is 0 Å². The summed E-state index contributed by atoms with van der Waals surface area (Å²) in [6, 6.07) is 0. The van der Waals surface area contributed by atoms with Gasteiger partial charge < -0.3 is 9.90 Å². The molecule has 0 amide bonds.